The van der Waals surface area contributed by atoms with E-state index in [1.807, 2.05) is 6.07 Å². The van der Waals surface area contributed by atoms with Gasteiger partial charge in [-0.3, -0.25) is 10.1 Å². The van der Waals surface area contributed by atoms with E-state index in [4.69, 9.17) is 0 Å². The molecule has 0 spiro atoms. The average Bonchev–Trinajstić information content (AvgIpc) is 2.95. The molecule has 0 aliphatic rings. The molecule has 0 radical (unpaired) electrons. The number of anilines is 2. The molecule has 3 rings (SSSR count). The van der Waals surface area contributed by atoms with Gasteiger partial charge in [-0.05, 0) is 30.9 Å². The molecule has 3 aromatic rings. The van der Waals surface area contributed by atoms with E-state index < -0.39 is 0 Å². The maximum Gasteiger partial charge on any atom is 0.153 e. The zero-order valence-corrected chi connectivity index (χ0v) is 11.9. The number of benzene rings is 1. The summed E-state index contributed by atoms with van der Waals surface area (Å²) in [6.45, 7) is 2.14. The molecule has 106 valence electrons. The van der Waals surface area contributed by atoms with Gasteiger partial charge in [0.2, 0.25) is 0 Å². The van der Waals surface area contributed by atoms with E-state index in [9.17, 15) is 0 Å². The molecule has 0 amide bonds. The Hall–Kier alpha value is -2.69. The van der Waals surface area contributed by atoms with Crippen LogP contribution >= 0.6 is 0 Å². The summed E-state index contributed by atoms with van der Waals surface area (Å²) >= 11 is 0. The van der Waals surface area contributed by atoms with Gasteiger partial charge in [-0.25, -0.2) is 4.98 Å². The number of aromatic amines is 1. The molecule has 0 unspecified atom stereocenters. The third kappa shape index (κ3) is 3.45. The molecular formula is C16H17N5. The normalized spacial score (nSPS) is 10.5. The number of nitrogens with zero attached hydrogens (tertiary/aromatic N) is 3. The number of nitrogens with one attached hydrogen (secondary N) is 2. The van der Waals surface area contributed by atoms with Gasteiger partial charge in [-0.15, -0.1) is 0 Å². The standard InChI is InChI=1S/C16H17N5/c1-12-4-2-3-5-13(12)6-7-14-10-15(21-20-14)19-16-11-17-8-9-18-16/h2-5,8-11H,6-7H2,1H3,(H2,18,19,20,21). The lowest BCUT2D eigenvalue weighted by Gasteiger charge is -2.03. The summed E-state index contributed by atoms with van der Waals surface area (Å²) in [6, 6.07) is 10.5. The second kappa shape index (κ2) is 6.17. The van der Waals surface area contributed by atoms with Crippen LogP contribution in [0.2, 0.25) is 0 Å². The third-order valence-corrected chi connectivity index (χ3v) is 3.38. The average molecular weight is 279 g/mol. The van der Waals surface area contributed by atoms with Gasteiger partial charge in [-0.2, -0.15) is 5.10 Å². The summed E-state index contributed by atoms with van der Waals surface area (Å²) in [5.41, 5.74) is 3.80. The van der Waals surface area contributed by atoms with Crippen LogP contribution in [0.15, 0.2) is 48.9 Å². The zero-order valence-electron chi connectivity index (χ0n) is 11.9. The molecule has 0 atom stereocenters. The Kier molecular flexibility index (Phi) is 3.91. The first-order valence-electron chi connectivity index (χ1n) is 6.93. The minimum absolute atomic E-state index is 0.689. The third-order valence-electron chi connectivity index (χ3n) is 3.38. The molecule has 2 heterocycles. The van der Waals surface area contributed by atoms with Crippen molar-refractivity contribution in [2.45, 2.75) is 19.8 Å². The lowest BCUT2D eigenvalue weighted by Crippen LogP contribution is -1.94. The lowest BCUT2D eigenvalue weighted by molar-refractivity contribution is 0.887. The fourth-order valence-corrected chi connectivity index (χ4v) is 2.21. The molecule has 2 N–H and O–H groups in total. The van der Waals surface area contributed by atoms with Gasteiger partial charge in [-0.1, -0.05) is 24.3 Å². The van der Waals surface area contributed by atoms with Gasteiger partial charge in [0.25, 0.3) is 0 Å². The van der Waals surface area contributed by atoms with Crippen molar-refractivity contribution >= 4 is 11.6 Å². The smallest absolute Gasteiger partial charge is 0.153 e. The van der Waals surface area contributed by atoms with E-state index in [0.717, 1.165) is 24.4 Å². The molecule has 0 bridgehead atoms. The second-order valence-corrected chi connectivity index (χ2v) is 4.92. The van der Waals surface area contributed by atoms with E-state index in [0.29, 0.717) is 5.82 Å². The van der Waals surface area contributed by atoms with Crippen LogP contribution in [0.5, 0.6) is 0 Å². The number of hydrogen-bond donors (Lipinski definition) is 2. The Morgan fingerprint density at radius 1 is 1.10 bits per heavy atom. The fourth-order valence-electron chi connectivity index (χ4n) is 2.21. The van der Waals surface area contributed by atoms with Crippen LogP contribution < -0.4 is 5.32 Å². The minimum atomic E-state index is 0.689. The monoisotopic (exact) mass is 279 g/mol. The molecule has 21 heavy (non-hydrogen) atoms. The predicted molar refractivity (Wildman–Crippen MR) is 82.5 cm³/mol. The van der Waals surface area contributed by atoms with Gasteiger partial charge < -0.3 is 5.32 Å². The number of hydrogen-bond acceptors (Lipinski definition) is 4. The Morgan fingerprint density at radius 3 is 2.81 bits per heavy atom. The van der Waals surface area contributed by atoms with Gasteiger partial charge in [0, 0.05) is 24.2 Å². The molecule has 0 saturated carbocycles. The highest BCUT2D eigenvalue weighted by molar-refractivity contribution is 5.50. The molecule has 5 heteroatoms. The van der Waals surface area contributed by atoms with Crippen LogP contribution in [0.1, 0.15) is 16.8 Å². The summed E-state index contributed by atoms with van der Waals surface area (Å²) < 4.78 is 0. The van der Waals surface area contributed by atoms with Gasteiger partial charge >= 0.3 is 0 Å². The minimum Gasteiger partial charge on any atom is -0.322 e. The highest BCUT2D eigenvalue weighted by Crippen LogP contribution is 2.14. The van der Waals surface area contributed by atoms with E-state index in [-0.39, 0.29) is 0 Å². The maximum absolute atomic E-state index is 4.24. The SMILES string of the molecule is Cc1ccccc1CCc1cc(Nc2cnccn2)n[nH]1. The first kappa shape index (κ1) is 13.3. The van der Waals surface area contributed by atoms with E-state index in [1.165, 1.54) is 11.1 Å². The molecule has 0 aliphatic heterocycles. The summed E-state index contributed by atoms with van der Waals surface area (Å²) in [4.78, 5) is 8.17. The second-order valence-electron chi connectivity index (χ2n) is 4.92. The predicted octanol–water partition coefficient (Wildman–Crippen LogP) is 3.04. The molecule has 0 fully saturated rings. The van der Waals surface area contributed by atoms with Crippen molar-refractivity contribution in [3.63, 3.8) is 0 Å². The first-order valence-corrected chi connectivity index (χ1v) is 6.93. The van der Waals surface area contributed by atoms with Crippen LogP contribution in [0.25, 0.3) is 0 Å². The number of rotatable bonds is 5. The summed E-state index contributed by atoms with van der Waals surface area (Å²) in [5, 5.41) is 10.4. The first-order chi connectivity index (χ1) is 10.3. The van der Waals surface area contributed by atoms with E-state index in [2.05, 4.69) is 56.7 Å². The number of aryl methyl sites for hydroxylation is 3. The highest BCUT2D eigenvalue weighted by Gasteiger charge is 2.04. The Labute approximate surface area is 123 Å². The Morgan fingerprint density at radius 2 is 2.00 bits per heavy atom. The maximum atomic E-state index is 4.24. The van der Waals surface area contributed by atoms with Gasteiger partial charge in [0.05, 0.1) is 6.20 Å². The van der Waals surface area contributed by atoms with Crippen molar-refractivity contribution in [1.82, 2.24) is 20.2 Å². The van der Waals surface area contributed by atoms with Crippen LogP contribution in [0.4, 0.5) is 11.6 Å². The van der Waals surface area contributed by atoms with Gasteiger partial charge in [0.1, 0.15) is 5.82 Å². The van der Waals surface area contributed by atoms with Crippen molar-refractivity contribution in [2.75, 3.05) is 5.32 Å². The number of H-pyrrole nitrogens is 1. The quantitative estimate of drug-likeness (QED) is 0.753. The molecule has 0 saturated heterocycles. The zero-order chi connectivity index (χ0) is 14.5. The van der Waals surface area contributed by atoms with E-state index >= 15 is 0 Å². The molecule has 0 aliphatic carbocycles. The summed E-state index contributed by atoms with van der Waals surface area (Å²) in [6.07, 6.45) is 6.89. The summed E-state index contributed by atoms with van der Waals surface area (Å²) in [5.74, 6) is 1.45. The highest BCUT2D eigenvalue weighted by atomic mass is 15.2. The van der Waals surface area contributed by atoms with Crippen molar-refractivity contribution in [1.29, 1.82) is 0 Å². The Bertz CT molecular complexity index is 705. The Balaban J connectivity index is 1.62. The van der Waals surface area contributed by atoms with Crippen LogP contribution in [-0.2, 0) is 12.8 Å². The van der Waals surface area contributed by atoms with Crippen LogP contribution in [0.3, 0.4) is 0 Å². The fraction of sp³-hybridized carbons (Fsp3) is 0.188. The van der Waals surface area contributed by atoms with E-state index in [1.54, 1.807) is 18.6 Å². The molecule has 5 nitrogen and oxygen atoms in total. The van der Waals surface area contributed by atoms with Crippen LogP contribution in [0, 0.1) is 6.92 Å². The van der Waals surface area contributed by atoms with Crippen molar-refractivity contribution in [3.8, 4) is 0 Å². The molecule has 2 aromatic heterocycles. The van der Waals surface area contributed by atoms with Gasteiger partial charge in [0.15, 0.2) is 5.82 Å². The molecular weight excluding hydrogens is 262 g/mol. The largest absolute Gasteiger partial charge is 0.322 e. The summed E-state index contributed by atoms with van der Waals surface area (Å²) in [7, 11) is 0. The van der Waals surface area contributed by atoms with Crippen molar-refractivity contribution in [2.24, 2.45) is 0 Å². The van der Waals surface area contributed by atoms with Crippen molar-refractivity contribution < 1.29 is 0 Å². The lowest BCUT2D eigenvalue weighted by atomic mass is 10.0. The van der Waals surface area contributed by atoms with Crippen molar-refractivity contribution in [3.05, 3.63) is 65.7 Å². The topological polar surface area (TPSA) is 66.5 Å². The van der Waals surface area contributed by atoms with Crippen LogP contribution in [-0.4, -0.2) is 20.2 Å². The number of aromatic nitrogens is 4. The molecule has 1 aromatic carbocycles.